The molecule has 0 saturated carbocycles. The number of carbonyl (C=O) groups is 1. The predicted octanol–water partition coefficient (Wildman–Crippen LogP) is 4.90. The van der Waals surface area contributed by atoms with E-state index >= 15 is 0 Å². The Hall–Kier alpha value is -1.75. The number of nitrogens with one attached hydrogen (secondary N) is 1. The monoisotopic (exact) mass is 419 g/mol. The highest BCUT2D eigenvalue weighted by Gasteiger charge is 2.28. The van der Waals surface area contributed by atoms with E-state index in [2.05, 4.69) is 46.4 Å². The quantitative estimate of drug-likeness (QED) is 0.768. The van der Waals surface area contributed by atoms with Crippen LogP contribution in [0, 0.1) is 0 Å². The van der Waals surface area contributed by atoms with E-state index in [-0.39, 0.29) is 24.2 Å². The molecule has 0 bridgehead atoms. The maximum atomic E-state index is 11.3. The molecule has 2 aliphatic heterocycles. The summed E-state index contributed by atoms with van der Waals surface area (Å²) in [4.78, 5) is 16.0. The third kappa shape index (κ3) is 4.29. The second-order valence-corrected chi connectivity index (χ2v) is 8.15. The van der Waals surface area contributed by atoms with Gasteiger partial charge in [0.05, 0.1) is 0 Å². The number of amides is 1. The Morgan fingerprint density at radius 2 is 1.82 bits per heavy atom. The minimum absolute atomic E-state index is 0. The van der Waals surface area contributed by atoms with Crippen LogP contribution in [0.1, 0.15) is 42.4 Å². The van der Waals surface area contributed by atoms with Crippen LogP contribution < -0.4 is 10.2 Å². The number of rotatable bonds is 3. The van der Waals surface area contributed by atoms with E-state index in [0.29, 0.717) is 0 Å². The van der Waals surface area contributed by atoms with Crippen molar-refractivity contribution >= 4 is 41.3 Å². The van der Waals surface area contributed by atoms with Crippen LogP contribution in [0.5, 0.6) is 0 Å². The summed E-state index contributed by atoms with van der Waals surface area (Å²) in [6.07, 6.45) is 2.51. The van der Waals surface area contributed by atoms with Gasteiger partial charge in [0, 0.05) is 55.4 Å². The van der Waals surface area contributed by atoms with Crippen molar-refractivity contribution in [1.29, 1.82) is 0 Å². The molecule has 1 amide bonds. The molecule has 0 aromatic heterocycles. The summed E-state index contributed by atoms with van der Waals surface area (Å²) < 4.78 is 0. The number of benzene rings is 2. The average molecular weight is 420 g/mol. The van der Waals surface area contributed by atoms with Crippen LogP contribution in [0.3, 0.4) is 0 Å². The van der Waals surface area contributed by atoms with E-state index in [1.54, 1.807) is 0 Å². The van der Waals surface area contributed by atoms with Gasteiger partial charge in [-0.25, -0.2) is 0 Å². The SMILES string of the molecule is CC(=O)Nc1ccc(C2CN(C)Cc3c(Cl)cc(N4CCCC4)cc32)cc1.Cl. The maximum Gasteiger partial charge on any atom is 0.221 e. The molecule has 4 rings (SSSR count). The van der Waals surface area contributed by atoms with Crippen LogP contribution in [-0.2, 0) is 11.3 Å². The standard InChI is InChI=1S/C22H26ClN3O.ClH/c1-15(27)24-17-7-5-16(6-8-17)20-13-25(2)14-21-19(20)11-18(12-22(21)23)26-9-3-4-10-26;/h5-8,11-12,20H,3-4,9-10,13-14H2,1-2H3,(H,24,27);1H. The lowest BCUT2D eigenvalue weighted by atomic mass is 9.84. The third-order valence-corrected chi connectivity index (χ3v) is 5.95. The molecule has 0 aliphatic carbocycles. The van der Waals surface area contributed by atoms with Gasteiger partial charge in [-0.2, -0.15) is 0 Å². The zero-order valence-corrected chi connectivity index (χ0v) is 17.9. The highest BCUT2D eigenvalue weighted by molar-refractivity contribution is 6.31. The van der Waals surface area contributed by atoms with Crippen LogP contribution in [-0.4, -0.2) is 37.5 Å². The third-order valence-electron chi connectivity index (χ3n) is 5.62. The lowest BCUT2D eigenvalue weighted by Gasteiger charge is -2.34. The maximum absolute atomic E-state index is 11.3. The van der Waals surface area contributed by atoms with E-state index in [1.807, 2.05) is 12.1 Å². The van der Waals surface area contributed by atoms with Gasteiger partial charge >= 0.3 is 0 Å². The van der Waals surface area contributed by atoms with Crippen molar-refractivity contribution in [3.63, 3.8) is 0 Å². The summed E-state index contributed by atoms with van der Waals surface area (Å²) in [6, 6.07) is 12.7. The first kappa shape index (κ1) is 21.0. The topological polar surface area (TPSA) is 35.6 Å². The summed E-state index contributed by atoms with van der Waals surface area (Å²) >= 11 is 6.73. The number of carbonyl (C=O) groups excluding carboxylic acids is 1. The molecule has 0 spiro atoms. The normalized spacial score (nSPS) is 19.1. The molecule has 2 aromatic rings. The average Bonchev–Trinajstić information content (AvgIpc) is 3.16. The number of nitrogens with zero attached hydrogens (tertiary/aromatic N) is 2. The molecule has 1 saturated heterocycles. The van der Waals surface area contributed by atoms with Crippen molar-refractivity contribution in [1.82, 2.24) is 4.90 Å². The van der Waals surface area contributed by atoms with Gasteiger partial charge in [-0.15, -0.1) is 12.4 Å². The van der Waals surface area contributed by atoms with E-state index in [4.69, 9.17) is 11.6 Å². The zero-order valence-electron chi connectivity index (χ0n) is 16.4. The van der Waals surface area contributed by atoms with Gasteiger partial charge < -0.3 is 15.1 Å². The fourth-order valence-electron chi connectivity index (χ4n) is 4.31. The van der Waals surface area contributed by atoms with Crippen LogP contribution in [0.4, 0.5) is 11.4 Å². The number of anilines is 2. The van der Waals surface area contributed by atoms with Crippen LogP contribution in [0.25, 0.3) is 0 Å². The highest BCUT2D eigenvalue weighted by Crippen LogP contribution is 2.40. The summed E-state index contributed by atoms with van der Waals surface area (Å²) in [5.74, 6) is 0.234. The Kier molecular flexibility index (Phi) is 6.54. The Labute approximate surface area is 178 Å². The molecule has 2 heterocycles. The van der Waals surface area contributed by atoms with Gasteiger partial charge in [0.2, 0.25) is 5.91 Å². The molecule has 2 aromatic carbocycles. The second-order valence-electron chi connectivity index (χ2n) is 7.74. The minimum atomic E-state index is -0.0486. The molecular formula is C22H27Cl2N3O. The summed E-state index contributed by atoms with van der Waals surface area (Å²) in [5, 5.41) is 3.72. The van der Waals surface area contributed by atoms with Crippen molar-refractivity contribution in [2.45, 2.75) is 32.2 Å². The Morgan fingerprint density at radius 1 is 1.14 bits per heavy atom. The highest BCUT2D eigenvalue weighted by atomic mass is 35.5. The van der Waals surface area contributed by atoms with E-state index in [0.717, 1.165) is 36.9 Å². The van der Waals surface area contributed by atoms with Gasteiger partial charge in [-0.05, 0) is 60.8 Å². The summed E-state index contributed by atoms with van der Waals surface area (Å²) in [7, 11) is 2.15. The number of halogens is 2. The summed E-state index contributed by atoms with van der Waals surface area (Å²) in [5.41, 5.74) is 5.92. The first-order valence-electron chi connectivity index (χ1n) is 9.64. The van der Waals surface area contributed by atoms with Crippen molar-refractivity contribution in [3.05, 3.63) is 58.1 Å². The zero-order chi connectivity index (χ0) is 19.0. The molecule has 1 unspecified atom stereocenters. The second kappa shape index (κ2) is 8.73. The number of fused-ring (bicyclic) bond motifs is 1. The smallest absolute Gasteiger partial charge is 0.221 e. The predicted molar refractivity (Wildman–Crippen MR) is 119 cm³/mol. The van der Waals surface area contributed by atoms with Crippen molar-refractivity contribution in [3.8, 4) is 0 Å². The van der Waals surface area contributed by atoms with Gasteiger partial charge in [0.15, 0.2) is 0 Å². The van der Waals surface area contributed by atoms with Crippen molar-refractivity contribution < 1.29 is 4.79 Å². The molecule has 2 aliphatic rings. The van der Waals surface area contributed by atoms with Crippen LogP contribution in [0.2, 0.25) is 5.02 Å². The fraction of sp³-hybridized carbons (Fsp3) is 0.409. The molecular weight excluding hydrogens is 393 g/mol. The largest absolute Gasteiger partial charge is 0.371 e. The molecule has 1 N–H and O–H groups in total. The lowest BCUT2D eigenvalue weighted by molar-refractivity contribution is -0.114. The summed E-state index contributed by atoms with van der Waals surface area (Å²) in [6.45, 7) is 5.61. The molecule has 28 heavy (non-hydrogen) atoms. The Balaban J connectivity index is 0.00000225. The molecule has 1 atom stereocenters. The van der Waals surface area contributed by atoms with E-state index < -0.39 is 0 Å². The number of hydrogen-bond acceptors (Lipinski definition) is 3. The van der Waals surface area contributed by atoms with E-state index in [9.17, 15) is 4.79 Å². The molecule has 4 nitrogen and oxygen atoms in total. The molecule has 150 valence electrons. The minimum Gasteiger partial charge on any atom is -0.371 e. The molecule has 6 heteroatoms. The fourth-order valence-corrected chi connectivity index (χ4v) is 4.59. The first-order chi connectivity index (χ1) is 13.0. The van der Waals surface area contributed by atoms with Gasteiger partial charge in [-0.3, -0.25) is 4.79 Å². The van der Waals surface area contributed by atoms with E-state index in [1.165, 1.54) is 42.1 Å². The van der Waals surface area contributed by atoms with Crippen molar-refractivity contribution in [2.24, 2.45) is 0 Å². The lowest BCUT2D eigenvalue weighted by Crippen LogP contribution is -2.31. The van der Waals surface area contributed by atoms with Gasteiger partial charge in [0.1, 0.15) is 0 Å². The number of likely N-dealkylation sites (N-methyl/N-ethyl adjacent to an activating group) is 1. The van der Waals surface area contributed by atoms with Crippen molar-refractivity contribution in [2.75, 3.05) is 36.9 Å². The Morgan fingerprint density at radius 3 is 2.46 bits per heavy atom. The van der Waals surface area contributed by atoms with Gasteiger partial charge in [0.25, 0.3) is 0 Å². The van der Waals surface area contributed by atoms with Gasteiger partial charge in [-0.1, -0.05) is 23.7 Å². The van der Waals surface area contributed by atoms with Crippen LogP contribution >= 0.6 is 24.0 Å². The number of hydrogen-bond donors (Lipinski definition) is 1. The molecule has 0 radical (unpaired) electrons. The Bertz CT molecular complexity index is 848. The first-order valence-corrected chi connectivity index (χ1v) is 10.0. The van der Waals surface area contributed by atoms with Crippen LogP contribution in [0.15, 0.2) is 36.4 Å². The molecule has 1 fully saturated rings.